The van der Waals surface area contributed by atoms with Crippen LogP contribution in [0.5, 0.6) is 0 Å². The minimum atomic E-state index is -0.690. The van der Waals surface area contributed by atoms with Gasteiger partial charge in [-0.15, -0.1) is 19.2 Å². The Kier molecular flexibility index (Phi) is 22.4. The lowest BCUT2D eigenvalue weighted by atomic mass is 10.1. The van der Waals surface area contributed by atoms with Crippen LogP contribution in [0.15, 0.2) is 12.7 Å². The van der Waals surface area contributed by atoms with Gasteiger partial charge in [0.25, 0.3) is 0 Å². The molecule has 0 atom stereocenters. The quantitative estimate of drug-likeness (QED) is 0.386. The molecule has 106 valence electrons. The summed E-state index contributed by atoms with van der Waals surface area (Å²) >= 11 is 3.60. The number of nitrogens with two attached hydrogens (primary N) is 1. The summed E-state index contributed by atoms with van der Waals surface area (Å²) in [5.41, 5.74) is 4.40. The molecule has 6 heteroatoms. The minimum Gasteiger partial charge on any atom is -0.387 e. The molecule has 0 saturated heterocycles. The van der Waals surface area contributed by atoms with Crippen molar-refractivity contribution in [2.45, 2.75) is 39.5 Å². The molecule has 0 radical (unpaired) electrons. The smallest absolute Gasteiger partial charge is 0.243 e. The Morgan fingerprint density at radius 1 is 1.28 bits per heavy atom. The van der Waals surface area contributed by atoms with E-state index in [9.17, 15) is 14.4 Å². The first kappa shape index (κ1) is 22.1. The zero-order valence-corrected chi connectivity index (χ0v) is 11.9. The number of aliphatic hydroxyl groups excluding tert-OH is 1. The van der Waals surface area contributed by atoms with Crippen molar-refractivity contribution in [3.05, 3.63) is 12.7 Å². The van der Waals surface area contributed by atoms with Crippen molar-refractivity contribution in [3.63, 3.8) is 0 Å². The lowest BCUT2D eigenvalue weighted by Crippen LogP contribution is -2.14. The van der Waals surface area contributed by atoms with Crippen LogP contribution in [0.4, 0.5) is 0 Å². The zero-order chi connectivity index (χ0) is 15.0. The van der Waals surface area contributed by atoms with E-state index in [1.807, 2.05) is 6.92 Å². The van der Waals surface area contributed by atoms with Crippen molar-refractivity contribution in [1.29, 1.82) is 0 Å². The van der Waals surface area contributed by atoms with Crippen molar-refractivity contribution in [2.24, 2.45) is 5.73 Å². The maximum Gasteiger partial charge on any atom is 0.243 e. The second-order valence-electron chi connectivity index (χ2n) is 3.34. The molecule has 3 N–H and O–H groups in total. The van der Waals surface area contributed by atoms with E-state index in [0.717, 1.165) is 12.8 Å². The largest absolute Gasteiger partial charge is 0.387 e. The third-order valence-electron chi connectivity index (χ3n) is 1.33. The van der Waals surface area contributed by atoms with Crippen molar-refractivity contribution in [1.82, 2.24) is 0 Å². The SMILES string of the molecule is C=CC.CC(=O)CCCCC(=O)S.NC(=O)CO. The Hall–Kier alpha value is -1.14. The first-order valence-electron chi connectivity index (χ1n) is 5.49. The highest BCUT2D eigenvalue weighted by Crippen LogP contribution is 2.01. The van der Waals surface area contributed by atoms with Crippen molar-refractivity contribution < 1.29 is 19.5 Å². The zero-order valence-electron chi connectivity index (χ0n) is 11.0. The molecule has 0 aliphatic heterocycles. The molecule has 0 aliphatic rings. The molecule has 0 aliphatic carbocycles. The highest BCUT2D eigenvalue weighted by atomic mass is 32.1. The Balaban J connectivity index is -0.000000235. The number of amides is 1. The topological polar surface area (TPSA) is 97.5 Å². The van der Waals surface area contributed by atoms with Crippen LogP contribution in [-0.2, 0) is 14.4 Å². The number of allylic oxidation sites excluding steroid dienone is 1. The molecule has 18 heavy (non-hydrogen) atoms. The molecule has 0 aromatic heterocycles. The number of hydrogen-bond acceptors (Lipinski definition) is 4. The molecule has 5 nitrogen and oxygen atoms in total. The van der Waals surface area contributed by atoms with E-state index in [2.05, 4.69) is 24.9 Å². The summed E-state index contributed by atoms with van der Waals surface area (Å²) in [5.74, 6) is -0.503. The van der Waals surface area contributed by atoms with Gasteiger partial charge in [0.15, 0.2) is 5.12 Å². The third-order valence-corrected chi connectivity index (χ3v) is 1.55. The first-order valence-corrected chi connectivity index (χ1v) is 5.93. The molecule has 0 spiro atoms. The van der Waals surface area contributed by atoms with Gasteiger partial charge in [0, 0.05) is 12.8 Å². The fraction of sp³-hybridized carbons (Fsp3) is 0.583. The third kappa shape index (κ3) is 46.2. The lowest BCUT2D eigenvalue weighted by Gasteiger charge is -1.93. The van der Waals surface area contributed by atoms with Gasteiger partial charge in [0.05, 0.1) is 0 Å². The van der Waals surface area contributed by atoms with Crippen LogP contribution < -0.4 is 5.73 Å². The number of carbonyl (C=O) groups excluding carboxylic acids is 3. The molecule has 1 amide bonds. The average Bonchev–Trinajstić information content (AvgIpc) is 2.26. The summed E-state index contributed by atoms with van der Waals surface area (Å²) in [6.45, 7) is 6.25. The van der Waals surface area contributed by atoms with Gasteiger partial charge >= 0.3 is 0 Å². The second kappa shape index (κ2) is 18.2. The monoisotopic (exact) mass is 277 g/mol. The van der Waals surface area contributed by atoms with Gasteiger partial charge in [0.1, 0.15) is 12.4 Å². The fourth-order valence-electron chi connectivity index (χ4n) is 0.650. The molecule has 0 unspecified atom stereocenters. The van der Waals surface area contributed by atoms with Gasteiger partial charge in [-0.1, -0.05) is 6.08 Å². The maximum absolute atomic E-state index is 10.4. The number of thiol groups is 1. The van der Waals surface area contributed by atoms with E-state index in [1.165, 1.54) is 0 Å². The predicted molar refractivity (Wildman–Crippen MR) is 75.3 cm³/mol. The fourth-order valence-corrected chi connectivity index (χ4v) is 0.808. The highest BCUT2D eigenvalue weighted by Gasteiger charge is 1.96. The number of rotatable bonds is 6. The molecular formula is C12H23NO4S. The van der Waals surface area contributed by atoms with Crippen LogP contribution in [0, 0.1) is 0 Å². The van der Waals surface area contributed by atoms with E-state index < -0.39 is 12.5 Å². The number of carbonyl (C=O) groups is 3. The van der Waals surface area contributed by atoms with Gasteiger partial charge in [-0.2, -0.15) is 0 Å². The second-order valence-corrected chi connectivity index (χ2v) is 3.83. The average molecular weight is 277 g/mol. The number of ketones is 1. The van der Waals surface area contributed by atoms with E-state index in [4.69, 9.17) is 5.11 Å². The van der Waals surface area contributed by atoms with Crippen LogP contribution in [-0.4, -0.2) is 28.5 Å². The Morgan fingerprint density at radius 3 is 1.83 bits per heavy atom. The van der Waals surface area contributed by atoms with Crippen LogP contribution in [0.1, 0.15) is 39.5 Å². The molecule has 0 aromatic carbocycles. The Morgan fingerprint density at radius 2 is 1.61 bits per heavy atom. The maximum atomic E-state index is 10.4. The minimum absolute atomic E-state index is 0.0939. The van der Waals surface area contributed by atoms with E-state index in [1.54, 1.807) is 13.0 Å². The van der Waals surface area contributed by atoms with Gasteiger partial charge < -0.3 is 15.6 Å². The van der Waals surface area contributed by atoms with Gasteiger partial charge in [-0.25, -0.2) is 0 Å². The van der Waals surface area contributed by atoms with E-state index in [0.29, 0.717) is 12.8 Å². The summed E-state index contributed by atoms with van der Waals surface area (Å²) in [5, 5.41) is 7.58. The molecule has 0 saturated carbocycles. The number of unbranched alkanes of at least 4 members (excludes halogenated alkanes) is 1. The van der Waals surface area contributed by atoms with Crippen LogP contribution in [0.3, 0.4) is 0 Å². The normalized spacial score (nSPS) is 8.00. The van der Waals surface area contributed by atoms with Gasteiger partial charge in [0.2, 0.25) is 5.91 Å². The number of aliphatic hydroxyl groups is 1. The summed E-state index contributed by atoms with van der Waals surface area (Å²) in [7, 11) is 0. The first-order chi connectivity index (χ1) is 8.31. The molecule has 0 fully saturated rings. The van der Waals surface area contributed by atoms with Crippen LogP contribution in [0.25, 0.3) is 0 Å². The molecular weight excluding hydrogens is 254 g/mol. The van der Waals surface area contributed by atoms with Crippen molar-refractivity contribution >= 4 is 29.4 Å². The lowest BCUT2D eigenvalue weighted by molar-refractivity contribution is -0.120. The van der Waals surface area contributed by atoms with Crippen molar-refractivity contribution in [3.8, 4) is 0 Å². The summed E-state index contributed by atoms with van der Waals surface area (Å²) < 4.78 is 0. The highest BCUT2D eigenvalue weighted by molar-refractivity contribution is 7.96. The Labute approximate surface area is 114 Å². The van der Waals surface area contributed by atoms with E-state index in [-0.39, 0.29) is 10.9 Å². The predicted octanol–water partition coefficient (Wildman–Crippen LogP) is 1.25. The summed E-state index contributed by atoms with van der Waals surface area (Å²) in [6, 6.07) is 0. The van der Waals surface area contributed by atoms with Gasteiger partial charge in [-0.05, 0) is 26.7 Å². The number of Topliss-reactive ketones (excluding diaryl/α,β-unsaturated/α-hetero) is 1. The Bertz CT molecular complexity index is 238. The molecule has 0 heterocycles. The van der Waals surface area contributed by atoms with E-state index >= 15 is 0 Å². The van der Waals surface area contributed by atoms with Gasteiger partial charge in [-0.3, -0.25) is 9.59 Å². The summed E-state index contributed by atoms with van der Waals surface area (Å²) in [6.07, 6.45) is 4.40. The standard InChI is InChI=1S/C7H12O2S.C3H6.C2H5NO2/c1-6(8)4-2-3-5-7(9)10;1-3-2;3-2(5)1-4/h2-5H2,1H3,(H,9,10);3H,1H2,2H3;4H,1H2,(H2,3,5). The molecule has 0 rings (SSSR count). The molecule has 0 bridgehead atoms. The number of hydrogen-bond donors (Lipinski definition) is 3. The van der Waals surface area contributed by atoms with Crippen LogP contribution in [0.2, 0.25) is 0 Å². The van der Waals surface area contributed by atoms with Crippen molar-refractivity contribution in [2.75, 3.05) is 6.61 Å². The number of primary amides is 1. The van der Waals surface area contributed by atoms with Crippen LogP contribution >= 0.6 is 12.6 Å². The summed E-state index contributed by atoms with van der Waals surface area (Å²) in [4.78, 5) is 30.0. The molecule has 0 aromatic rings.